The van der Waals surface area contributed by atoms with Gasteiger partial charge in [0.25, 0.3) is 0 Å². The standard InChI is InChI=1S/C13H14FN3OS2/c1-3-15-12-16-17-13(20-12)19-8(2)11(18)9-4-6-10(14)7-5-9/h4-8H,3H2,1-2H3,(H,15,16)/t8-/m0/s1. The van der Waals surface area contributed by atoms with Gasteiger partial charge >= 0.3 is 0 Å². The van der Waals surface area contributed by atoms with Crippen molar-refractivity contribution in [3.8, 4) is 0 Å². The maximum atomic E-state index is 12.8. The Bertz CT molecular complexity index is 586. The number of carbonyl (C=O) groups is 1. The molecule has 106 valence electrons. The summed E-state index contributed by atoms with van der Waals surface area (Å²) in [5.74, 6) is -0.392. The van der Waals surface area contributed by atoms with E-state index in [1.807, 2.05) is 13.8 Å². The first-order chi connectivity index (χ1) is 9.60. The molecule has 2 rings (SSSR count). The highest BCUT2D eigenvalue weighted by molar-refractivity contribution is 8.02. The lowest BCUT2D eigenvalue weighted by Gasteiger charge is -2.07. The minimum atomic E-state index is -0.346. The molecule has 0 amide bonds. The number of thioether (sulfide) groups is 1. The first-order valence-corrected chi connectivity index (χ1v) is 7.83. The summed E-state index contributed by atoms with van der Waals surface area (Å²) < 4.78 is 13.6. The maximum absolute atomic E-state index is 12.8. The van der Waals surface area contributed by atoms with E-state index in [1.165, 1.54) is 47.4 Å². The molecule has 0 fully saturated rings. The van der Waals surface area contributed by atoms with Gasteiger partial charge in [-0.05, 0) is 38.1 Å². The molecule has 0 unspecified atom stereocenters. The number of nitrogens with one attached hydrogen (secondary N) is 1. The Balaban J connectivity index is 2.01. The first-order valence-electron chi connectivity index (χ1n) is 6.14. The van der Waals surface area contributed by atoms with Crippen molar-refractivity contribution in [3.05, 3.63) is 35.6 Å². The zero-order chi connectivity index (χ0) is 14.5. The van der Waals surface area contributed by atoms with E-state index >= 15 is 0 Å². The van der Waals surface area contributed by atoms with Crippen LogP contribution < -0.4 is 5.32 Å². The Morgan fingerprint density at radius 2 is 2.10 bits per heavy atom. The van der Waals surface area contributed by atoms with Crippen molar-refractivity contribution in [2.24, 2.45) is 0 Å². The van der Waals surface area contributed by atoms with E-state index in [4.69, 9.17) is 0 Å². The van der Waals surface area contributed by atoms with Gasteiger partial charge in [-0.2, -0.15) is 0 Å². The molecule has 4 nitrogen and oxygen atoms in total. The van der Waals surface area contributed by atoms with Crippen LogP contribution in [0.1, 0.15) is 24.2 Å². The van der Waals surface area contributed by atoms with Gasteiger partial charge in [-0.1, -0.05) is 23.1 Å². The van der Waals surface area contributed by atoms with Crippen molar-refractivity contribution in [2.75, 3.05) is 11.9 Å². The number of aromatic nitrogens is 2. The molecule has 7 heteroatoms. The molecule has 20 heavy (non-hydrogen) atoms. The van der Waals surface area contributed by atoms with Crippen LogP contribution in [-0.2, 0) is 0 Å². The summed E-state index contributed by atoms with van der Waals surface area (Å²) in [5.41, 5.74) is 0.503. The van der Waals surface area contributed by atoms with E-state index in [0.717, 1.165) is 16.0 Å². The minimum Gasteiger partial charge on any atom is -0.360 e. The average molecular weight is 311 g/mol. The third-order valence-corrected chi connectivity index (χ3v) is 4.58. The van der Waals surface area contributed by atoms with Gasteiger partial charge in [0.1, 0.15) is 5.82 Å². The highest BCUT2D eigenvalue weighted by Gasteiger charge is 2.18. The van der Waals surface area contributed by atoms with Crippen molar-refractivity contribution in [1.29, 1.82) is 0 Å². The molecule has 1 atom stereocenters. The molecule has 0 aliphatic heterocycles. The van der Waals surface area contributed by atoms with E-state index in [0.29, 0.717) is 5.56 Å². The van der Waals surface area contributed by atoms with Crippen molar-refractivity contribution in [2.45, 2.75) is 23.4 Å². The van der Waals surface area contributed by atoms with Crippen LogP contribution in [0.15, 0.2) is 28.6 Å². The van der Waals surface area contributed by atoms with Crippen molar-refractivity contribution in [3.63, 3.8) is 0 Å². The number of ketones is 1. The third kappa shape index (κ3) is 3.77. The number of benzene rings is 1. The molecule has 0 radical (unpaired) electrons. The summed E-state index contributed by atoms with van der Waals surface area (Å²) in [5, 5.41) is 11.5. The topological polar surface area (TPSA) is 54.9 Å². The molecule has 1 aromatic heterocycles. The number of nitrogens with zero attached hydrogens (tertiary/aromatic N) is 2. The molecule has 0 bridgehead atoms. The highest BCUT2D eigenvalue weighted by atomic mass is 32.2. The van der Waals surface area contributed by atoms with Gasteiger partial charge in [0.05, 0.1) is 5.25 Å². The Morgan fingerprint density at radius 3 is 2.75 bits per heavy atom. The minimum absolute atomic E-state index is 0.0461. The van der Waals surface area contributed by atoms with Gasteiger partial charge < -0.3 is 5.32 Å². The number of hydrogen-bond donors (Lipinski definition) is 1. The van der Waals surface area contributed by atoms with E-state index in [-0.39, 0.29) is 16.9 Å². The molecule has 1 N–H and O–H groups in total. The van der Waals surface area contributed by atoms with Crippen molar-refractivity contribution >= 4 is 34.0 Å². The maximum Gasteiger partial charge on any atom is 0.206 e. The molecule has 0 spiro atoms. The Hall–Kier alpha value is -1.47. The SMILES string of the molecule is CCNc1nnc(S[C@@H](C)C(=O)c2ccc(F)cc2)s1. The quantitative estimate of drug-likeness (QED) is 0.654. The molecule has 0 saturated heterocycles. The zero-order valence-electron chi connectivity index (χ0n) is 11.1. The number of hydrogen-bond acceptors (Lipinski definition) is 6. The zero-order valence-corrected chi connectivity index (χ0v) is 12.7. The number of anilines is 1. The smallest absolute Gasteiger partial charge is 0.206 e. The Kier molecular flexibility index (Phi) is 5.08. The van der Waals surface area contributed by atoms with E-state index in [9.17, 15) is 9.18 Å². The van der Waals surface area contributed by atoms with E-state index in [2.05, 4.69) is 15.5 Å². The van der Waals surface area contributed by atoms with Crippen LogP contribution in [0.5, 0.6) is 0 Å². The van der Waals surface area contributed by atoms with Crippen molar-refractivity contribution < 1.29 is 9.18 Å². The summed E-state index contributed by atoms with van der Waals surface area (Å²) in [7, 11) is 0. The van der Waals surface area contributed by atoms with Gasteiger partial charge in [-0.15, -0.1) is 10.2 Å². The molecule has 0 aliphatic carbocycles. The lowest BCUT2D eigenvalue weighted by Crippen LogP contribution is -2.13. The summed E-state index contributed by atoms with van der Waals surface area (Å²) in [6.45, 7) is 4.57. The lowest BCUT2D eigenvalue weighted by molar-refractivity contribution is 0.0994. The van der Waals surface area contributed by atoms with Crippen LogP contribution in [0.2, 0.25) is 0 Å². The van der Waals surface area contributed by atoms with E-state index in [1.54, 1.807) is 0 Å². The highest BCUT2D eigenvalue weighted by Crippen LogP contribution is 2.30. The van der Waals surface area contributed by atoms with Gasteiger partial charge in [0.15, 0.2) is 10.1 Å². The van der Waals surface area contributed by atoms with Crippen LogP contribution >= 0.6 is 23.1 Å². The number of Topliss-reactive ketones (excluding diaryl/α,β-unsaturated/α-hetero) is 1. The number of carbonyl (C=O) groups excluding carboxylic acids is 1. The Morgan fingerprint density at radius 1 is 1.40 bits per heavy atom. The van der Waals surface area contributed by atoms with Crippen LogP contribution in [0.3, 0.4) is 0 Å². The molecule has 1 aromatic carbocycles. The fraction of sp³-hybridized carbons (Fsp3) is 0.308. The molecule has 1 heterocycles. The van der Waals surface area contributed by atoms with Crippen LogP contribution in [0, 0.1) is 5.82 Å². The summed E-state index contributed by atoms with van der Waals surface area (Å²) in [4.78, 5) is 12.2. The monoisotopic (exact) mass is 311 g/mol. The van der Waals surface area contributed by atoms with Crippen LogP contribution in [0.4, 0.5) is 9.52 Å². The summed E-state index contributed by atoms with van der Waals surface area (Å²) >= 11 is 2.78. The van der Waals surface area contributed by atoms with Gasteiger partial charge in [0, 0.05) is 12.1 Å². The van der Waals surface area contributed by atoms with Crippen molar-refractivity contribution in [1.82, 2.24) is 10.2 Å². The molecular formula is C13H14FN3OS2. The predicted octanol–water partition coefficient (Wildman–Crippen LogP) is 3.47. The summed E-state index contributed by atoms with van der Waals surface area (Å²) in [6.07, 6.45) is 0. The number of rotatable bonds is 6. The molecular weight excluding hydrogens is 297 g/mol. The van der Waals surface area contributed by atoms with Crippen LogP contribution in [-0.4, -0.2) is 27.8 Å². The third-order valence-electron chi connectivity index (χ3n) is 2.51. The molecule has 0 saturated carbocycles. The van der Waals surface area contributed by atoms with E-state index < -0.39 is 0 Å². The Labute approximate surface area is 124 Å². The molecule has 2 aromatic rings. The second-order valence-electron chi connectivity index (χ2n) is 4.03. The largest absolute Gasteiger partial charge is 0.360 e. The fourth-order valence-electron chi connectivity index (χ4n) is 1.53. The predicted molar refractivity (Wildman–Crippen MR) is 80.1 cm³/mol. The normalized spacial score (nSPS) is 12.2. The number of halogens is 1. The second kappa shape index (κ2) is 6.81. The average Bonchev–Trinajstić information content (AvgIpc) is 2.86. The fourth-order valence-corrected chi connectivity index (χ4v) is 3.57. The van der Waals surface area contributed by atoms with Crippen LogP contribution in [0.25, 0.3) is 0 Å². The lowest BCUT2D eigenvalue weighted by atomic mass is 10.1. The first kappa shape index (κ1) is 14.9. The van der Waals surface area contributed by atoms with Gasteiger partial charge in [-0.3, -0.25) is 4.79 Å². The second-order valence-corrected chi connectivity index (χ2v) is 6.60. The van der Waals surface area contributed by atoms with Gasteiger partial charge in [0.2, 0.25) is 5.13 Å². The summed E-state index contributed by atoms with van der Waals surface area (Å²) in [6, 6.07) is 5.58. The van der Waals surface area contributed by atoms with Gasteiger partial charge in [-0.25, -0.2) is 4.39 Å². The molecule has 0 aliphatic rings.